The lowest BCUT2D eigenvalue weighted by Crippen LogP contribution is -2.36. The van der Waals surface area contributed by atoms with Gasteiger partial charge in [0.2, 0.25) is 0 Å². The number of hydrogen-bond donors (Lipinski definition) is 1. The maximum atomic E-state index is 11.9. The molecule has 0 radical (unpaired) electrons. The minimum absolute atomic E-state index is 0.0420. The summed E-state index contributed by atoms with van der Waals surface area (Å²) < 4.78 is 33.9. The third-order valence-electron chi connectivity index (χ3n) is 3.06. The average molecular weight is 267 g/mol. The van der Waals surface area contributed by atoms with Crippen molar-refractivity contribution in [1.29, 1.82) is 0 Å². The zero-order chi connectivity index (χ0) is 12.2. The van der Waals surface area contributed by atoms with Gasteiger partial charge in [-0.2, -0.15) is 0 Å². The molecule has 0 spiro atoms. The number of hydrogen-bond acceptors (Lipinski definition) is 4. The summed E-state index contributed by atoms with van der Waals surface area (Å²) in [5, 5.41) is 3.38. The van der Waals surface area contributed by atoms with E-state index in [4.69, 9.17) is 0 Å². The molecule has 96 valence electrons. The fourth-order valence-electron chi connectivity index (χ4n) is 2.05. The molecular formula is C10H21NO3S2. The SMILES string of the molecule is CNC1CCCC(S(=O)CCS(C)(=O)=O)C1. The van der Waals surface area contributed by atoms with E-state index >= 15 is 0 Å². The summed E-state index contributed by atoms with van der Waals surface area (Å²) >= 11 is 0. The summed E-state index contributed by atoms with van der Waals surface area (Å²) in [6.45, 7) is 0. The van der Waals surface area contributed by atoms with E-state index in [0.29, 0.717) is 11.8 Å². The van der Waals surface area contributed by atoms with Gasteiger partial charge >= 0.3 is 0 Å². The van der Waals surface area contributed by atoms with Gasteiger partial charge in [0.05, 0.1) is 5.75 Å². The summed E-state index contributed by atoms with van der Waals surface area (Å²) in [5.41, 5.74) is 0. The lowest BCUT2D eigenvalue weighted by Gasteiger charge is -2.28. The molecule has 0 amide bonds. The van der Waals surface area contributed by atoms with Crippen molar-refractivity contribution in [3.63, 3.8) is 0 Å². The van der Waals surface area contributed by atoms with Crippen LogP contribution in [0.25, 0.3) is 0 Å². The molecule has 0 aromatic carbocycles. The fourth-order valence-corrected chi connectivity index (χ4v) is 5.12. The van der Waals surface area contributed by atoms with Crippen LogP contribution in [0.2, 0.25) is 0 Å². The quantitative estimate of drug-likeness (QED) is 0.779. The van der Waals surface area contributed by atoms with Gasteiger partial charge in [0, 0.05) is 34.1 Å². The highest BCUT2D eigenvalue weighted by atomic mass is 32.2. The molecule has 1 fully saturated rings. The Morgan fingerprint density at radius 3 is 2.62 bits per heavy atom. The van der Waals surface area contributed by atoms with Crippen molar-refractivity contribution in [3.8, 4) is 0 Å². The normalized spacial score (nSPS) is 28.9. The highest BCUT2D eigenvalue weighted by Gasteiger charge is 2.25. The van der Waals surface area contributed by atoms with Gasteiger partial charge in [-0.15, -0.1) is 0 Å². The van der Waals surface area contributed by atoms with Gasteiger partial charge < -0.3 is 5.32 Å². The van der Waals surface area contributed by atoms with Crippen LogP contribution < -0.4 is 5.32 Å². The Balaban J connectivity index is 2.41. The number of nitrogens with one attached hydrogen (secondary N) is 1. The molecule has 0 aromatic heterocycles. The molecule has 0 aromatic rings. The Morgan fingerprint density at radius 1 is 1.38 bits per heavy atom. The third kappa shape index (κ3) is 4.93. The van der Waals surface area contributed by atoms with Crippen molar-refractivity contribution in [2.45, 2.75) is 37.0 Å². The van der Waals surface area contributed by atoms with E-state index in [-0.39, 0.29) is 11.0 Å². The van der Waals surface area contributed by atoms with Crippen LogP contribution in [0, 0.1) is 0 Å². The van der Waals surface area contributed by atoms with Gasteiger partial charge in [-0.25, -0.2) is 8.42 Å². The van der Waals surface area contributed by atoms with Crippen molar-refractivity contribution >= 4 is 20.6 Å². The van der Waals surface area contributed by atoms with Crippen molar-refractivity contribution in [3.05, 3.63) is 0 Å². The summed E-state index contributed by atoms with van der Waals surface area (Å²) in [6.07, 6.45) is 5.29. The Bertz CT molecular complexity index is 340. The van der Waals surface area contributed by atoms with Crippen LogP contribution in [0.4, 0.5) is 0 Å². The van der Waals surface area contributed by atoms with E-state index in [1.54, 1.807) is 0 Å². The van der Waals surface area contributed by atoms with Crippen LogP contribution in [0.1, 0.15) is 25.7 Å². The average Bonchev–Trinajstić information content (AvgIpc) is 2.25. The second-order valence-corrected chi connectivity index (χ2v) is 8.59. The van der Waals surface area contributed by atoms with Crippen molar-refractivity contribution in [2.24, 2.45) is 0 Å². The molecule has 1 saturated carbocycles. The predicted octanol–water partition coefficient (Wildman–Crippen LogP) is 0.310. The number of sulfone groups is 1. The summed E-state index contributed by atoms with van der Waals surface area (Å²) in [5.74, 6) is 0.334. The van der Waals surface area contributed by atoms with Crippen molar-refractivity contribution in [1.82, 2.24) is 5.32 Å². The molecule has 1 rings (SSSR count). The third-order valence-corrected chi connectivity index (χ3v) is 6.04. The molecule has 3 unspecified atom stereocenters. The first kappa shape index (κ1) is 14.1. The van der Waals surface area contributed by atoms with Gasteiger partial charge in [-0.1, -0.05) is 6.42 Å². The van der Waals surface area contributed by atoms with Gasteiger partial charge in [0.15, 0.2) is 0 Å². The van der Waals surface area contributed by atoms with Crippen LogP contribution in [0.3, 0.4) is 0 Å². The van der Waals surface area contributed by atoms with Crippen molar-refractivity contribution < 1.29 is 12.6 Å². The van der Waals surface area contributed by atoms with E-state index in [0.717, 1.165) is 25.7 Å². The van der Waals surface area contributed by atoms with E-state index in [2.05, 4.69) is 5.32 Å². The minimum Gasteiger partial charge on any atom is -0.317 e. The molecule has 4 nitrogen and oxygen atoms in total. The van der Waals surface area contributed by atoms with Gasteiger partial charge in [-0.05, 0) is 26.3 Å². The molecule has 1 aliphatic rings. The smallest absolute Gasteiger partial charge is 0.148 e. The fraction of sp³-hybridized carbons (Fsp3) is 1.00. The van der Waals surface area contributed by atoms with Gasteiger partial charge in [0.1, 0.15) is 9.84 Å². The van der Waals surface area contributed by atoms with Crippen molar-refractivity contribution in [2.75, 3.05) is 24.8 Å². The predicted molar refractivity (Wildman–Crippen MR) is 67.8 cm³/mol. The second-order valence-electron chi connectivity index (χ2n) is 4.49. The summed E-state index contributed by atoms with van der Waals surface area (Å²) in [4.78, 5) is 0. The molecule has 6 heteroatoms. The molecule has 0 heterocycles. The molecule has 3 atom stereocenters. The maximum absolute atomic E-state index is 11.9. The van der Waals surface area contributed by atoms with Gasteiger partial charge in [0.25, 0.3) is 0 Å². The first-order chi connectivity index (χ1) is 7.42. The topological polar surface area (TPSA) is 63.2 Å². The highest BCUT2D eigenvalue weighted by Crippen LogP contribution is 2.22. The molecule has 1 aliphatic carbocycles. The molecule has 16 heavy (non-hydrogen) atoms. The molecule has 0 saturated heterocycles. The Kier molecular flexibility index (Phi) is 5.40. The zero-order valence-electron chi connectivity index (χ0n) is 9.94. The van der Waals surface area contributed by atoms with E-state index < -0.39 is 20.6 Å². The lowest BCUT2D eigenvalue weighted by molar-refractivity contribution is 0.398. The summed E-state index contributed by atoms with van der Waals surface area (Å²) in [6, 6.07) is 0.445. The van der Waals surface area contributed by atoms with Crippen LogP contribution in [-0.4, -0.2) is 48.7 Å². The van der Waals surface area contributed by atoms with Crippen LogP contribution in [0.15, 0.2) is 0 Å². The Hall–Kier alpha value is 0.0600. The standard InChI is InChI=1S/C10H21NO3S2/c1-11-9-4-3-5-10(8-9)15(12)6-7-16(2,13)14/h9-11H,3-8H2,1-2H3. The minimum atomic E-state index is -2.99. The Morgan fingerprint density at radius 2 is 2.06 bits per heavy atom. The lowest BCUT2D eigenvalue weighted by atomic mass is 9.95. The highest BCUT2D eigenvalue weighted by molar-refractivity contribution is 7.92. The molecule has 1 N–H and O–H groups in total. The molecule has 0 bridgehead atoms. The molecular weight excluding hydrogens is 246 g/mol. The van der Waals surface area contributed by atoms with Gasteiger partial charge in [-0.3, -0.25) is 4.21 Å². The van der Waals surface area contributed by atoms with E-state index in [1.165, 1.54) is 6.26 Å². The molecule has 0 aliphatic heterocycles. The van der Waals surface area contributed by atoms with E-state index in [9.17, 15) is 12.6 Å². The Labute approximate surface area is 101 Å². The van der Waals surface area contributed by atoms with Crippen LogP contribution in [0.5, 0.6) is 0 Å². The van der Waals surface area contributed by atoms with Crippen LogP contribution >= 0.6 is 0 Å². The zero-order valence-corrected chi connectivity index (χ0v) is 11.6. The van der Waals surface area contributed by atoms with Crippen LogP contribution in [-0.2, 0) is 20.6 Å². The monoisotopic (exact) mass is 267 g/mol. The first-order valence-corrected chi connectivity index (χ1v) is 9.09. The first-order valence-electron chi connectivity index (χ1n) is 5.64. The second kappa shape index (κ2) is 6.12. The van der Waals surface area contributed by atoms with E-state index in [1.807, 2.05) is 7.05 Å². The summed E-state index contributed by atoms with van der Waals surface area (Å²) in [7, 11) is -2.06. The number of rotatable bonds is 5. The maximum Gasteiger partial charge on any atom is 0.148 e. The largest absolute Gasteiger partial charge is 0.317 e.